The number of guanidine groups is 1. The molecule has 7 heteroatoms. The lowest BCUT2D eigenvalue weighted by Crippen LogP contribution is -2.45. The Kier molecular flexibility index (Phi) is 6.91. The molecule has 2 aliphatic heterocycles. The van der Waals surface area contributed by atoms with Gasteiger partial charge < -0.3 is 10.6 Å². The fraction of sp³-hybridized carbons (Fsp3) is 0.333. The number of benzene rings is 2. The summed E-state index contributed by atoms with van der Waals surface area (Å²) in [4.78, 5) is 39.4. The van der Waals surface area contributed by atoms with Gasteiger partial charge in [-0.05, 0) is 24.0 Å². The van der Waals surface area contributed by atoms with Crippen LogP contribution in [0.1, 0.15) is 44.2 Å². The van der Waals surface area contributed by atoms with E-state index in [9.17, 15) is 9.59 Å². The maximum atomic E-state index is 13.9. The largest absolute Gasteiger partial charge is 0.369 e. The van der Waals surface area contributed by atoms with Gasteiger partial charge in [0.05, 0.1) is 6.54 Å². The number of hydrogen-bond donors (Lipinski definition) is 1. The molecule has 0 aromatic heterocycles. The summed E-state index contributed by atoms with van der Waals surface area (Å²) in [6.45, 7) is 5.77. The maximum Gasteiger partial charge on any atom is 0.266 e. The Morgan fingerprint density at radius 2 is 1.56 bits per heavy atom. The zero-order valence-corrected chi connectivity index (χ0v) is 19.8. The van der Waals surface area contributed by atoms with Crippen molar-refractivity contribution >= 4 is 23.5 Å². The minimum absolute atomic E-state index is 0.0137. The van der Waals surface area contributed by atoms with E-state index in [1.165, 1.54) is 4.90 Å². The van der Waals surface area contributed by atoms with Crippen LogP contribution < -0.4 is 5.73 Å². The second-order valence-electron chi connectivity index (χ2n) is 8.62. The predicted molar refractivity (Wildman–Crippen MR) is 134 cm³/mol. The van der Waals surface area contributed by atoms with E-state index in [1.54, 1.807) is 6.20 Å². The van der Waals surface area contributed by atoms with E-state index in [4.69, 9.17) is 10.7 Å². The highest BCUT2D eigenvalue weighted by atomic mass is 16.2. The Labute approximate surface area is 200 Å². The van der Waals surface area contributed by atoms with Gasteiger partial charge in [0.15, 0.2) is 11.5 Å². The molecule has 4 rings (SSSR count). The first-order valence-corrected chi connectivity index (χ1v) is 11.8. The Balaban J connectivity index is 1.55. The van der Waals surface area contributed by atoms with Crippen molar-refractivity contribution in [2.75, 3.05) is 19.6 Å². The molecule has 34 heavy (non-hydrogen) atoms. The summed E-state index contributed by atoms with van der Waals surface area (Å²) in [7, 11) is 0. The summed E-state index contributed by atoms with van der Waals surface area (Å²) < 4.78 is 0. The quantitative estimate of drug-likeness (QED) is 0.625. The summed E-state index contributed by atoms with van der Waals surface area (Å²) in [6, 6.07) is 19.0. The Hall–Kier alpha value is -3.74. The number of rotatable bonds is 9. The molecule has 0 radical (unpaired) electrons. The van der Waals surface area contributed by atoms with Gasteiger partial charge in [-0.3, -0.25) is 19.5 Å². The van der Waals surface area contributed by atoms with Gasteiger partial charge in [-0.2, -0.15) is 0 Å². The van der Waals surface area contributed by atoms with Crippen LogP contribution in [0.25, 0.3) is 0 Å². The van der Waals surface area contributed by atoms with Gasteiger partial charge in [-0.15, -0.1) is 0 Å². The van der Waals surface area contributed by atoms with E-state index in [1.807, 2.05) is 65.6 Å². The zero-order valence-electron chi connectivity index (χ0n) is 19.8. The van der Waals surface area contributed by atoms with Gasteiger partial charge in [0.1, 0.15) is 0 Å². The van der Waals surface area contributed by atoms with Crippen LogP contribution >= 0.6 is 0 Å². The zero-order chi connectivity index (χ0) is 24.1. The van der Waals surface area contributed by atoms with Crippen molar-refractivity contribution in [3.63, 3.8) is 0 Å². The van der Waals surface area contributed by atoms with E-state index in [0.29, 0.717) is 12.0 Å². The Morgan fingerprint density at radius 3 is 2.09 bits per heavy atom. The first-order valence-electron chi connectivity index (χ1n) is 11.8. The van der Waals surface area contributed by atoms with Crippen molar-refractivity contribution < 1.29 is 9.59 Å². The fourth-order valence-electron chi connectivity index (χ4n) is 4.58. The third kappa shape index (κ3) is 4.25. The number of nitrogens with two attached hydrogens (primary N) is 1. The minimum Gasteiger partial charge on any atom is -0.369 e. The highest BCUT2D eigenvalue weighted by Gasteiger charge is 2.50. The highest BCUT2D eigenvalue weighted by molar-refractivity contribution is 6.12. The molecule has 7 nitrogen and oxygen atoms in total. The van der Waals surface area contributed by atoms with Gasteiger partial charge in [-0.1, -0.05) is 74.5 Å². The minimum atomic E-state index is -1.24. The van der Waals surface area contributed by atoms with E-state index >= 15 is 0 Å². The van der Waals surface area contributed by atoms with Crippen molar-refractivity contribution in [3.8, 4) is 0 Å². The van der Waals surface area contributed by atoms with Crippen molar-refractivity contribution in [3.05, 3.63) is 83.6 Å². The van der Waals surface area contributed by atoms with Crippen LogP contribution in [-0.4, -0.2) is 52.9 Å². The summed E-state index contributed by atoms with van der Waals surface area (Å²) in [5, 5.41) is 0. The normalized spacial score (nSPS) is 16.8. The molecular weight excluding hydrogens is 426 g/mol. The predicted octanol–water partition coefficient (Wildman–Crippen LogP) is 3.46. The number of carbonyl (C=O) groups is 2. The Morgan fingerprint density at radius 1 is 1.00 bits per heavy atom. The van der Waals surface area contributed by atoms with Crippen LogP contribution in [0.5, 0.6) is 0 Å². The van der Waals surface area contributed by atoms with E-state index in [-0.39, 0.29) is 24.3 Å². The van der Waals surface area contributed by atoms with Crippen LogP contribution in [0.4, 0.5) is 0 Å². The molecular formula is C27H31N5O2. The molecule has 0 saturated heterocycles. The number of carbonyl (C=O) groups excluding carboxylic acids is 2. The highest BCUT2D eigenvalue weighted by Crippen LogP contribution is 2.39. The van der Waals surface area contributed by atoms with Gasteiger partial charge in [-0.25, -0.2) is 4.99 Å². The van der Waals surface area contributed by atoms with Crippen molar-refractivity contribution in [1.82, 2.24) is 9.80 Å². The first kappa shape index (κ1) is 23.4. The second kappa shape index (κ2) is 10.0. The lowest BCUT2D eigenvalue weighted by Gasteiger charge is -2.27. The summed E-state index contributed by atoms with van der Waals surface area (Å²) in [5.41, 5.74) is 7.98. The lowest BCUT2D eigenvalue weighted by atomic mass is 9.83. The van der Waals surface area contributed by atoms with E-state index in [0.717, 1.165) is 42.8 Å². The molecule has 2 aromatic carbocycles. The molecule has 176 valence electrons. The van der Waals surface area contributed by atoms with Gasteiger partial charge in [0, 0.05) is 37.0 Å². The first-order chi connectivity index (χ1) is 16.5. The van der Waals surface area contributed by atoms with Crippen LogP contribution in [0.2, 0.25) is 0 Å². The molecule has 0 saturated carbocycles. The molecule has 0 unspecified atom stereocenters. The van der Waals surface area contributed by atoms with Crippen molar-refractivity contribution in [2.24, 2.45) is 15.7 Å². The summed E-state index contributed by atoms with van der Waals surface area (Å²) in [6.07, 6.45) is 3.85. The number of hydrogen-bond acceptors (Lipinski definition) is 5. The molecule has 2 aliphatic rings. The maximum absolute atomic E-state index is 13.9. The average molecular weight is 458 g/mol. The van der Waals surface area contributed by atoms with E-state index < -0.39 is 5.54 Å². The average Bonchev–Trinajstić information content (AvgIpc) is 3.43. The van der Waals surface area contributed by atoms with Crippen LogP contribution in [0, 0.1) is 0 Å². The molecule has 0 aliphatic carbocycles. The second-order valence-corrected chi connectivity index (χ2v) is 8.62. The molecule has 2 heterocycles. The van der Waals surface area contributed by atoms with Gasteiger partial charge in [0.2, 0.25) is 0 Å². The Bertz CT molecular complexity index is 1090. The van der Waals surface area contributed by atoms with Crippen LogP contribution in [-0.2, 0) is 15.1 Å². The van der Waals surface area contributed by atoms with Gasteiger partial charge in [0.25, 0.3) is 11.8 Å². The molecule has 2 aromatic rings. The van der Waals surface area contributed by atoms with Crippen molar-refractivity contribution in [1.29, 1.82) is 0 Å². The molecule has 2 N–H and O–H groups in total. The topological polar surface area (TPSA) is 91.4 Å². The van der Waals surface area contributed by atoms with Crippen LogP contribution in [0.15, 0.2) is 82.4 Å². The summed E-state index contributed by atoms with van der Waals surface area (Å²) >= 11 is 0. The standard InChI is InChI=1S/C27H31N5O2/c1-3-15-31(16-4-2)24(33)20-17-23(29-18-20)19-32-25(34)27(30-26(32)28,21-11-7-5-8-12-21)22-13-9-6-10-14-22/h5-14,18H,3-4,15-17,19H2,1-2H3,(H2,28,30). The molecule has 0 bridgehead atoms. The van der Waals surface area contributed by atoms with E-state index in [2.05, 4.69) is 18.8 Å². The third-order valence-electron chi connectivity index (χ3n) is 6.18. The summed E-state index contributed by atoms with van der Waals surface area (Å²) in [5.74, 6) is -0.0537. The van der Waals surface area contributed by atoms with Gasteiger partial charge >= 0.3 is 0 Å². The molecule has 0 spiro atoms. The third-order valence-corrected chi connectivity index (χ3v) is 6.18. The number of nitrogens with zero attached hydrogens (tertiary/aromatic N) is 4. The number of aliphatic imine (C=N–C) groups is 2. The van der Waals surface area contributed by atoms with Crippen molar-refractivity contribution in [2.45, 2.75) is 38.6 Å². The molecule has 0 fully saturated rings. The lowest BCUT2D eigenvalue weighted by molar-refractivity contribution is -0.129. The van der Waals surface area contributed by atoms with Crippen LogP contribution in [0.3, 0.4) is 0 Å². The number of amides is 2. The monoisotopic (exact) mass is 457 g/mol. The fourth-order valence-corrected chi connectivity index (χ4v) is 4.58. The SMILES string of the molecule is CCCN(CCC)C(=O)C1=CN=C(CN2C(=O)C(c3ccccc3)(c3ccccc3)N=C2N)C1. The molecule has 2 amide bonds. The molecule has 0 atom stereocenters. The smallest absolute Gasteiger partial charge is 0.266 e.